The van der Waals surface area contributed by atoms with Crippen molar-refractivity contribution in [1.29, 1.82) is 0 Å². The van der Waals surface area contributed by atoms with Gasteiger partial charge in [-0.3, -0.25) is 9.79 Å². The second-order valence-corrected chi connectivity index (χ2v) is 5.37. The molecule has 0 aliphatic carbocycles. The Bertz CT molecular complexity index is 317. The van der Waals surface area contributed by atoms with Gasteiger partial charge >= 0.3 is 0 Å². The molecule has 5 heteroatoms. The van der Waals surface area contributed by atoms with Gasteiger partial charge in [0.05, 0.1) is 0 Å². The Morgan fingerprint density at radius 3 is 2.75 bits per heavy atom. The first kappa shape index (κ1) is 16.8. The van der Waals surface area contributed by atoms with Crippen LogP contribution in [0.25, 0.3) is 0 Å². The van der Waals surface area contributed by atoms with Gasteiger partial charge in [-0.2, -0.15) is 0 Å². The summed E-state index contributed by atoms with van der Waals surface area (Å²) in [7, 11) is 0. The number of hydrogen-bond acceptors (Lipinski definition) is 2. The second-order valence-electron chi connectivity index (χ2n) is 5.37. The minimum absolute atomic E-state index is 0.260. The van der Waals surface area contributed by atoms with Crippen LogP contribution in [0.4, 0.5) is 0 Å². The number of likely N-dealkylation sites (tertiary alicyclic amines) is 1. The van der Waals surface area contributed by atoms with Crippen LogP contribution >= 0.6 is 0 Å². The number of rotatable bonds is 6. The highest BCUT2D eigenvalue weighted by Crippen LogP contribution is 2.16. The number of amides is 1. The second kappa shape index (κ2) is 9.61. The topological polar surface area (TPSA) is 56.7 Å². The third-order valence-corrected chi connectivity index (χ3v) is 3.59. The molecule has 5 nitrogen and oxygen atoms in total. The smallest absolute Gasteiger partial charge is 0.224 e. The van der Waals surface area contributed by atoms with Crippen molar-refractivity contribution in [3.63, 3.8) is 0 Å². The van der Waals surface area contributed by atoms with E-state index in [1.54, 1.807) is 0 Å². The molecule has 0 spiro atoms. The van der Waals surface area contributed by atoms with Crippen LogP contribution in [-0.4, -0.2) is 49.0 Å². The fourth-order valence-corrected chi connectivity index (χ4v) is 2.47. The van der Waals surface area contributed by atoms with Gasteiger partial charge in [-0.1, -0.05) is 6.92 Å². The zero-order chi connectivity index (χ0) is 14.8. The Morgan fingerprint density at radius 1 is 1.30 bits per heavy atom. The van der Waals surface area contributed by atoms with Gasteiger partial charge < -0.3 is 15.5 Å². The lowest BCUT2D eigenvalue weighted by molar-refractivity contribution is -0.134. The van der Waals surface area contributed by atoms with Crippen molar-refractivity contribution >= 4 is 11.9 Å². The maximum atomic E-state index is 12.2. The Hall–Kier alpha value is -1.26. The number of piperidine rings is 1. The molecule has 1 unspecified atom stereocenters. The summed E-state index contributed by atoms with van der Waals surface area (Å²) in [6, 6.07) is 0.401. The fourth-order valence-electron chi connectivity index (χ4n) is 2.47. The molecule has 0 radical (unpaired) electrons. The molecule has 1 aliphatic rings. The molecule has 1 saturated heterocycles. The van der Waals surface area contributed by atoms with Gasteiger partial charge in [-0.25, -0.2) is 0 Å². The molecule has 0 aromatic heterocycles. The van der Waals surface area contributed by atoms with E-state index >= 15 is 0 Å². The Labute approximate surface area is 123 Å². The molecule has 1 aliphatic heterocycles. The third kappa shape index (κ3) is 5.80. The monoisotopic (exact) mass is 282 g/mol. The van der Waals surface area contributed by atoms with Gasteiger partial charge in [0.15, 0.2) is 5.96 Å². The SMILES string of the molecule is CCCN=C(NCC)NCCC(=O)N1CCCCC1C. The van der Waals surface area contributed by atoms with Crippen molar-refractivity contribution in [3.05, 3.63) is 0 Å². The van der Waals surface area contributed by atoms with Crippen molar-refractivity contribution in [3.8, 4) is 0 Å². The van der Waals surface area contributed by atoms with E-state index in [0.717, 1.165) is 44.9 Å². The van der Waals surface area contributed by atoms with Crippen LogP contribution in [0.2, 0.25) is 0 Å². The van der Waals surface area contributed by atoms with E-state index in [1.165, 1.54) is 6.42 Å². The summed E-state index contributed by atoms with van der Waals surface area (Å²) in [6.07, 6.45) is 5.10. The van der Waals surface area contributed by atoms with Gasteiger partial charge in [0, 0.05) is 38.6 Å². The standard InChI is InChI=1S/C15H30N4O/c1-4-10-17-15(16-5-2)18-11-9-14(20)19-12-7-6-8-13(19)3/h13H,4-12H2,1-3H3,(H2,16,17,18). The number of nitrogens with zero attached hydrogens (tertiary/aromatic N) is 2. The van der Waals surface area contributed by atoms with Gasteiger partial charge in [0.1, 0.15) is 0 Å². The molecule has 0 saturated carbocycles. The van der Waals surface area contributed by atoms with Crippen LogP contribution in [0.15, 0.2) is 4.99 Å². The molecule has 20 heavy (non-hydrogen) atoms. The fraction of sp³-hybridized carbons (Fsp3) is 0.867. The molecule has 1 heterocycles. The average Bonchev–Trinajstić information content (AvgIpc) is 2.45. The summed E-state index contributed by atoms with van der Waals surface area (Å²) in [5.41, 5.74) is 0. The molecular formula is C15H30N4O. The number of nitrogens with one attached hydrogen (secondary N) is 2. The van der Waals surface area contributed by atoms with Crippen LogP contribution < -0.4 is 10.6 Å². The largest absolute Gasteiger partial charge is 0.357 e. The molecular weight excluding hydrogens is 252 g/mol. The number of hydrogen-bond donors (Lipinski definition) is 2. The molecule has 0 bridgehead atoms. The summed E-state index contributed by atoms with van der Waals surface area (Å²) in [5.74, 6) is 1.07. The van der Waals surface area contributed by atoms with Gasteiger partial charge in [0.2, 0.25) is 5.91 Å². The lowest BCUT2D eigenvalue weighted by Gasteiger charge is -2.33. The summed E-state index contributed by atoms with van der Waals surface area (Å²) in [4.78, 5) is 18.6. The predicted molar refractivity (Wildman–Crippen MR) is 83.9 cm³/mol. The quantitative estimate of drug-likeness (QED) is 0.576. The Balaban J connectivity index is 2.32. The van der Waals surface area contributed by atoms with E-state index in [1.807, 2.05) is 11.8 Å². The first-order valence-electron chi connectivity index (χ1n) is 8.00. The van der Waals surface area contributed by atoms with E-state index in [4.69, 9.17) is 0 Å². The van der Waals surface area contributed by atoms with Crippen LogP contribution in [0.1, 0.15) is 52.9 Å². The molecule has 0 aromatic rings. The van der Waals surface area contributed by atoms with Gasteiger partial charge in [0.25, 0.3) is 0 Å². The Morgan fingerprint density at radius 2 is 2.10 bits per heavy atom. The highest BCUT2D eigenvalue weighted by molar-refractivity contribution is 5.81. The van der Waals surface area contributed by atoms with Crippen molar-refractivity contribution in [2.75, 3.05) is 26.2 Å². The molecule has 1 rings (SSSR count). The van der Waals surface area contributed by atoms with Crippen LogP contribution in [-0.2, 0) is 4.79 Å². The van der Waals surface area contributed by atoms with Crippen LogP contribution in [0.5, 0.6) is 0 Å². The lowest BCUT2D eigenvalue weighted by atomic mass is 10.0. The van der Waals surface area contributed by atoms with Gasteiger partial charge in [-0.15, -0.1) is 0 Å². The first-order valence-corrected chi connectivity index (χ1v) is 8.00. The molecule has 116 valence electrons. The predicted octanol–water partition coefficient (Wildman–Crippen LogP) is 1.74. The van der Waals surface area contributed by atoms with E-state index in [9.17, 15) is 4.79 Å². The van der Waals surface area contributed by atoms with E-state index < -0.39 is 0 Å². The first-order chi connectivity index (χ1) is 9.69. The number of guanidine groups is 1. The highest BCUT2D eigenvalue weighted by Gasteiger charge is 2.22. The summed E-state index contributed by atoms with van der Waals surface area (Å²) < 4.78 is 0. The Kier molecular flexibility index (Phi) is 8.07. The van der Waals surface area contributed by atoms with Gasteiger partial charge in [-0.05, 0) is 39.5 Å². The molecule has 1 fully saturated rings. The molecule has 0 aromatic carbocycles. The summed E-state index contributed by atoms with van der Waals surface area (Å²) in [6.45, 7) is 9.52. The van der Waals surface area contributed by atoms with Crippen LogP contribution in [0, 0.1) is 0 Å². The van der Waals surface area contributed by atoms with Crippen molar-refractivity contribution in [2.24, 2.45) is 4.99 Å². The summed E-state index contributed by atoms with van der Waals surface area (Å²) in [5, 5.41) is 6.43. The van der Waals surface area contributed by atoms with Crippen molar-refractivity contribution in [2.45, 2.75) is 58.9 Å². The maximum absolute atomic E-state index is 12.2. The highest BCUT2D eigenvalue weighted by atomic mass is 16.2. The van der Waals surface area contributed by atoms with E-state index in [2.05, 4.69) is 29.5 Å². The summed E-state index contributed by atoms with van der Waals surface area (Å²) >= 11 is 0. The average molecular weight is 282 g/mol. The maximum Gasteiger partial charge on any atom is 0.224 e. The van der Waals surface area contributed by atoms with E-state index in [0.29, 0.717) is 19.0 Å². The third-order valence-electron chi connectivity index (χ3n) is 3.59. The molecule has 1 atom stereocenters. The lowest BCUT2D eigenvalue weighted by Crippen LogP contribution is -2.44. The molecule has 2 N–H and O–H groups in total. The van der Waals surface area contributed by atoms with Crippen LogP contribution in [0.3, 0.4) is 0 Å². The van der Waals surface area contributed by atoms with E-state index in [-0.39, 0.29) is 5.91 Å². The minimum atomic E-state index is 0.260. The van der Waals surface area contributed by atoms with Crippen molar-refractivity contribution < 1.29 is 4.79 Å². The number of aliphatic imine (C=N–C) groups is 1. The molecule has 1 amide bonds. The number of carbonyl (C=O) groups is 1. The number of carbonyl (C=O) groups excluding carboxylic acids is 1. The zero-order valence-corrected chi connectivity index (χ0v) is 13.2. The van der Waals surface area contributed by atoms with Crippen molar-refractivity contribution in [1.82, 2.24) is 15.5 Å². The minimum Gasteiger partial charge on any atom is -0.357 e. The zero-order valence-electron chi connectivity index (χ0n) is 13.2. The normalized spacial score (nSPS) is 19.9.